The SMILES string of the molecule is CC1=NN(c2ccc(F)cc2)C(=O)/C1=C(\C=C1/C=C(c2ccc(F)cc2)Oc2c1c(C)nn2-c1ccc(F)cc1)c1ccc(F)cc1. The van der Waals surface area contributed by atoms with E-state index in [-0.39, 0.29) is 5.57 Å². The fourth-order valence-electron chi connectivity index (χ4n) is 5.57. The number of allylic oxidation sites excluding steroid dienone is 4. The van der Waals surface area contributed by atoms with Gasteiger partial charge >= 0.3 is 0 Å². The van der Waals surface area contributed by atoms with Crippen molar-refractivity contribution >= 4 is 34.2 Å². The molecular weight excluding hydrogens is 608 g/mol. The van der Waals surface area contributed by atoms with E-state index >= 15 is 0 Å². The Morgan fingerprint density at radius 2 is 1.26 bits per heavy atom. The first-order chi connectivity index (χ1) is 22.7. The van der Waals surface area contributed by atoms with E-state index in [0.29, 0.717) is 62.3 Å². The number of carbonyl (C=O) groups excluding carboxylic acids is 1. The Hall–Kier alpha value is -6.03. The molecule has 2 aliphatic heterocycles. The number of aromatic nitrogens is 2. The van der Waals surface area contributed by atoms with Crippen LogP contribution in [0.15, 0.2) is 120 Å². The van der Waals surface area contributed by atoms with Crippen LogP contribution in [0, 0.1) is 30.2 Å². The van der Waals surface area contributed by atoms with Crippen molar-refractivity contribution in [3.8, 4) is 11.6 Å². The van der Waals surface area contributed by atoms with Crippen LogP contribution in [0.2, 0.25) is 0 Å². The Morgan fingerprint density at radius 3 is 1.85 bits per heavy atom. The van der Waals surface area contributed by atoms with Crippen molar-refractivity contribution < 1.29 is 27.1 Å². The van der Waals surface area contributed by atoms with E-state index in [1.165, 1.54) is 65.7 Å². The Morgan fingerprint density at radius 1 is 0.723 bits per heavy atom. The van der Waals surface area contributed by atoms with Crippen LogP contribution in [0.3, 0.4) is 0 Å². The van der Waals surface area contributed by atoms with E-state index in [1.807, 2.05) is 0 Å². The summed E-state index contributed by atoms with van der Waals surface area (Å²) in [6, 6.07) is 22.7. The normalized spacial score (nSPS) is 16.2. The third-order valence-electron chi connectivity index (χ3n) is 7.81. The number of fused-ring (bicyclic) bond motifs is 1. The molecule has 0 bridgehead atoms. The van der Waals surface area contributed by atoms with E-state index in [1.54, 1.807) is 67.1 Å². The van der Waals surface area contributed by atoms with Crippen molar-refractivity contribution in [1.82, 2.24) is 9.78 Å². The molecule has 1 aromatic heterocycles. The maximum Gasteiger partial charge on any atom is 0.281 e. The van der Waals surface area contributed by atoms with Crippen LogP contribution < -0.4 is 9.75 Å². The van der Waals surface area contributed by atoms with Gasteiger partial charge in [-0.15, -0.1) is 0 Å². The second-order valence-corrected chi connectivity index (χ2v) is 10.9. The largest absolute Gasteiger partial charge is 0.438 e. The predicted molar refractivity (Wildman–Crippen MR) is 172 cm³/mol. The molecule has 0 fully saturated rings. The topological polar surface area (TPSA) is 59.7 Å². The lowest BCUT2D eigenvalue weighted by Gasteiger charge is -2.20. The average molecular weight is 633 g/mol. The minimum Gasteiger partial charge on any atom is -0.438 e. The lowest BCUT2D eigenvalue weighted by Crippen LogP contribution is -2.22. The second kappa shape index (κ2) is 11.7. The molecule has 10 heteroatoms. The van der Waals surface area contributed by atoms with Crippen molar-refractivity contribution in [1.29, 1.82) is 0 Å². The third-order valence-corrected chi connectivity index (χ3v) is 7.81. The number of anilines is 1. The number of rotatable bonds is 5. The minimum atomic E-state index is -0.459. The zero-order chi connectivity index (χ0) is 32.8. The van der Waals surface area contributed by atoms with Gasteiger partial charge < -0.3 is 4.74 Å². The first kappa shape index (κ1) is 29.7. The number of nitrogens with zero attached hydrogens (tertiary/aromatic N) is 4. The van der Waals surface area contributed by atoms with Crippen molar-refractivity contribution in [2.45, 2.75) is 13.8 Å². The van der Waals surface area contributed by atoms with Crippen LogP contribution in [0.5, 0.6) is 5.88 Å². The van der Waals surface area contributed by atoms with Crippen LogP contribution in [-0.2, 0) is 4.79 Å². The molecule has 0 saturated heterocycles. The summed E-state index contributed by atoms with van der Waals surface area (Å²) in [6.45, 7) is 3.48. The van der Waals surface area contributed by atoms with E-state index < -0.39 is 29.2 Å². The first-order valence-corrected chi connectivity index (χ1v) is 14.6. The van der Waals surface area contributed by atoms with Crippen LogP contribution in [0.1, 0.15) is 29.3 Å². The van der Waals surface area contributed by atoms with Crippen LogP contribution in [0.4, 0.5) is 23.2 Å². The highest BCUT2D eigenvalue weighted by Crippen LogP contribution is 2.42. The van der Waals surface area contributed by atoms with Gasteiger partial charge in [-0.25, -0.2) is 17.6 Å². The summed E-state index contributed by atoms with van der Waals surface area (Å²) in [7, 11) is 0. The van der Waals surface area contributed by atoms with Crippen LogP contribution in [0.25, 0.3) is 22.6 Å². The Bertz CT molecular complexity index is 2160. The zero-order valence-electron chi connectivity index (χ0n) is 25.0. The Labute approximate surface area is 266 Å². The second-order valence-electron chi connectivity index (χ2n) is 10.9. The maximum absolute atomic E-state index is 14.1. The predicted octanol–water partition coefficient (Wildman–Crippen LogP) is 8.43. The summed E-state index contributed by atoms with van der Waals surface area (Å²) >= 11 is 0. The Kier molecular flexibility index (Phi) is 7.40. The molecule has 2 aliphatic rings. The molecule has 0 radical (unpaired) electrons. The fraction of sp³-hybridized carbons (Fsp3) is 0.0541. The van der Waals surface area contributed by atoms with Gasteiger partial charge in [-0.3, -0.25) is 4.79 Å². The molecule has 7 rings (SSSR count). The summed E-state index contributed by atoms with van der Waals surface area (Å²) in [5.74, 6) is -1.51. The number of halogens is 4. The highest BCUT2D eigenvalue weighted by atomic mass is 19.1. The Balaban J connectivity index is 1.46. The quantitative estimate of drug-likeness (QED) is 0.144. The van der Waals surface area contributed by atoms with Gasteiger partial charge in [0.1, 0.15) is 29.0 Å². The van der Waals surface area contributed by atoms with Crippen molar-refractivity contribution in [3.63, 3.8) is 0 Å². The van der Waals surface area contributed by atoms with Crippen LogP contribution >= 0.6 is 0 Å². The van der Waals surface area contributed by atoms with E-state index in [0.717, 1.165) is 0 Å². The van der Waals surface area contributed by atoms with Gasteiger partial charge in [0, 0.05) is 5.56 Å². The van der Waals surface area contributed by atoms with Gasteiger partial charge in [-0.1, -0.05) is 12.1 Å². The molecule has 0 spiro atoms. The smallest absolute Gasteiger partial charge is 0.281 e. The lowest BCUT2D eigenvalue weighted by molar-refractivity contribution is -0.114. The molecule has 4 aromatic carbocycles. The lowest BCUT2D eigenvalue weighted by atomic mass is 9.91. The number of ether oxygens (including phenoxy) is 1. The molecule has 6 nitrogen and oxygen atoms in total. The number of benzene rings is 4. The van der Waals surface area contributed by atoms with Crippen molar-refractivity contribution in [2.24, 2.45) is 5.10 Å². The molecule has 0 aliphatic carbocycles. The van der Waals surface area contributed by atoms with Gasteiger partial charge in [0.15, 0.2) is 0 Å². The van der Waals surface area contributed by atoms with Gasteiger partial charge in [0.05, 0.1) is 33.9 Å². The van der Waals surface area contributed by atoms with Crippen LogP contribution in [-0.4, -0.2) is 21.4 Å². The standard InChI is InChI=1S/C37H24F4N4O2/c1-21-34-25(20-33(24-5-9-27(39)10-6-24)47-37(34)45(43-21)31-17-13-29(41)14-18-31)19-32(23-3-7-26(38)8-4-23)35-22(2)42-44(36(35)46)30-15-11-28(40)12-16-30/h3-20H,1-2H3/b25-19+,35-32+. The molecule has 0 saturated carbocycles. The molecule has 5 aromatic rings. The molecule has 232 valence electrons. The molecule has 0 unspecified atom stereocenters. The third kappa shape index (κ3) is 5.54. The van der Waals surface area contributed by atoms with E-state index in [2.05, 4.69) is 5.10 Å². The highest BCUT2D eigenvalue weighted by Gasteiger charge is 2.33. The molecule has 47 heavy (non-hydrogen) atoms. The maximum atomic E-state index is 14.1. The molecule has 0 N–H and O–H groups in total. The number of hydrogen-bond donors (Lipinski definition) is 0. The van der Waals surface area contributed by atoms with Crippen molar-refractivity contribution in [2.75, 3.05) is 5.01 Å². The molecule has 1 amide bonds. The fourth-order valence-corrected chi connectivity index (χ4v) is 5.57. The molecule has 3 heterocycles. The summed E-state index contributed by atoms with van der Waals surface area (Å²) in [5.41, 5.74) is 4.85. The van der Waals surface area contributed by atoms with Crippen molar-refractivity contribution in [3.05, 3.63) is 160 Å². The molecule has 0 atom stereocenters. The summed E-state index contributed by atoms with van der Waals surface area (Å²) in [4.78, 5) is 14.0. The number of hydrazone groups is 1. The number of carbonyl (C=O) groups is 1. The van der Waals surface area contributed by atoms with E-state index in [4.69, 9.17) is 9.84 Å². The van der Waals surface area contributed by atoms with Gasteiger partial charge in [0.25, 0.3) is 5.91 Å². The number of amides is 1. The summed E-state index contributed by atoms with van der Waals surface area (Å²) in [6.07, 6.45) is 3.54. The van der Waals surface area contributed by atoms with E-state index in [9.17, 15) is 22.4 Å². The summed E-state index contributed by atoms with van der Waals surface area (Å²) in [5, 5.41) is 10.4. The van der Waals surface area contributed by atoms with Gasteiger partial charge in [-0.05, 0) is 128 Å². The monoisotopic (exact) mass is 632 g/mol. The number of hydrogen-bond acceptors (Lipinski definition) is 4. The van der Waals surface area contributed by atoms with Gasteiger partial charge in [-0.2, -0.15) is 19.9 Å². The number of aryl methyl sites for hydroxylation is 1. The molecular formula is C37H24F4N4O2. The van der Waals surface area contributed by atoms with Gasteiger partial charge in [0.2, 0.25) is 5.88 Å². The minimum absolute atomic E-state index is 0.252. The first-order valence-electron chi connectivity index (χ1n) is 14.6. The highest BCUT2D eigenvalue weighted by molar-refractivity contribution is 6.34. The summed E-state index contributed by atoms with van der Waals surface area (Å²) < 4.78 is 63.4. The zero-order valence-corrected chi connectivity index (χ0v) is 25.0. The average Bonchev–Trinajstić information content (AvgIpc) is 3.56.